The van der Waals surface area contributed by atoms with E-state index in [1.807, 2.05) is 0 Å². The highest BCUT2D eigenvalue weighted by Crippen LogP contribution is 2.17. The minimum absolute atomic E-state index is 0.125. The second-order valence-electron chi connectivity index (χ2n) is 4.34. The Morgan fingerprint density at radius 1 is 1.17 bits per heavy atom. The predicted octanol–water partition coefficient (Wildman–Crippen LogP) is 1.45. The molecule has 1 heterocycles. The maximum atomic E-state index is 11.9. The number of rotatable bonds is 6. The summed E-state index contributed by atoms with van der Waals surface area (Å²) >= 11 is 1.05. The zero-order valence-electron chi connectivity index (χ0n) is 12.1. The first-order valence-corrected chi connectivity index (χ1v) is 8.80. The summed E-state index contributed by atoms with van der Waals surface area (Å²) < 4.78 is 30.8. The lowest BCUT2D eigenvalue weighted by molar-refractivity contribution is -0.115. The van der Waals surface area contributed by atoms with Crippen molar-refractivity contribution in [2.24, 2.45) is 0 Å². The number of hydrogen-bond donors (Lipinski definition) is 2. The minimum atomic E-state index is -3.72. The van der Waals surface area contributed by atoms with Crippen LogP contribution >= 0.6 is 11.3 Å². The van der Waals surface area contributed by atoms with Gasteiger partial charge in [0.15, 0.2) is 0 Å². The van der Waals surface area contributed by atoms with Crippen LogP contribution < -0.4 is 10.0 Å². The molecule has 122 valence electrons. The molecular formula is C14H14N2O5S2. The number of hydrogen-bond acceptors (Lipinski definition) is 6. The molecular weight excluding hydrogens is 340 g/mol. The van der Waals surface area contributed by atoms with Gasteiger partial charge < -0.3 is 10.1 Å². The van der Waals surface area contributed by atoms with Crippen molar-refractivity contribution in [2.45, 2.75) is 4.21 Å². The van der Waals surface area contributed by atoms with Crippen molar-refractivity contribution in [3.05, 3.63) is 47.3 Å². The van der Waals surface area contributed by atoms with E-state index in [0.717, 1.165) is 11.3 Å². The third-order valence-electron chi connectivity index (χ3n) is 2.79. The molecule has 0 fully saturated rings. The smallest absolute Gasteiger partial charge is 0.339 e. The lowest BCUT2D eigenvalue weighted by atomic mass is 10.2. The second-order valence-corrected chi connectivity index (χ2v) is 7.28. The molecule has 1 aromatic heterocycles. The van der Waals surface area contributed by atoms with Crippen molar-refractivity contribution < 1.29 is 22.7 Å². The fourth-order valence-corrected chi connectivity index (χ4v) is 3.74. The van der Waals surface area contributed by atoms with E-state index in [4.69, 9.17) is 0 Å². The van der Waals surface area contributed by atoms with Gasteiger partial charge in [0, 0.05) is 0 Å². The van der Waals surface area contributed by atoms with Crippen molar-refractivity contribution >= 4 is 38.9 Å². The number of benzene rings is 1. The first-order chi connectivity index (χ1) is 10.9. The first kappa shape index (κ1) is 17.1. The number of amides is 1. The molecule has 0 aliphatic rings. The zero-order valence-corrected chi connectivity index (χ0v) is 13.7. The van der Waals surface area contributed by atoms with E-state index >= 15 is 0 Å². The van der Waals surface area contributed by atoms with E-state index in [1.54, 1.807) is 23.6 Å². The maximum absolute atomic E-state index is 11.9. The summed E-state index contributed by atoms with van der Waals surface area (Å²) in [6.07, 6.45) is 0. The van der Waals surface area contributed by atoms with Crippen molar-refractivity contribution in [1.29, 1.82) is 0 Å². The van der Waals surface area contributed by atoms with Crippen molar-refractivity contribution in [2.75, 3.05) is 19.0 Å². The largest absolute Gasteiger partial charge is 0.465 e. The molecule has 0 bridgehead atoms. The van der Waals surface area contributed by atoms with E-state index in [1.165, 1.54) is 25.3 Å². The van der Waals surface area contributed by atoms with Crippen LogP contribution in [0.15, 0.2) is 46.0 Å². The molecule has 0 atom stereocenters. The van der Waals surface area contributed by atoms with Gasteiger partial charge >= 0.3 is 5.97 Å². The van der Waals surface area contributed by atoms with Gasteiger partial charge in [-0.2, -0.15) is 0 Å². The van der Waals surface area contributed by atoms with Crippen LogP contribution in [-0.2, 0) is 19.6 Å². The molecule has 2 rings (SSSR count). The van der Waals surface area contributed by atoms with Crippen molar-refractivity contribution in [1.82, 2.24) is 4.72 Å². The lowest BCUT2D eigenvalue weighted by Gasteiger charge is -2.10. The Kier molecular flexibility index (Phi) is 5.48. The fraction of sp³-hybridized carbons (Fsp3) is 0.143. The van der Waals surface area contributed by atoms with Crippen LogP contribution in [0.1, 0.15) is 10.4 Å². The highest BCUT2D eigenvalue weighted by Gasteiger charge is 2.18. The van der Waals surface area contributed by atoms with Gasteiger partial charge in [0.1, 0.15) is 4.21 Å². The standard InChI is InChI=1S/C14H14N2O5S2/c1-21-14(18)10-5-2-3-6-11(10)16-12(17)9-15-23(19,20)13-7-4-8-22-13/h2-8,15H,9H2,1H3,(H,16,17). The van der Waals surface area contributed by atoms with Gasteiger partial charge in [0.25, 0.3) is 10.0 Å². The fourth-order valence-electron chi connectivity index (χ4n) is 1.72. The van der Waals surface area contributed by atoms with Crippen LogP contribution in [-0.4, -0.2) is 33.9 Å². The second kappa shape index (κ2) is 7.36. The SMILES string of the molecule is COC(=O)c1ccccc1NC(=O)CNS(=O)(=O)c1cccs1. The number of sulfonamides is 1. The number of nitrogens with one attached hydrogen (secondary N) is 2. The third-order valence-corrected chi connectivity index (χ3v) is 5.59. The van der Waals surface area contributed by atoms with Crippen LogP contribution in [0.3, 0.4) is 0 Å². The molecule has 0 unspecified atom stereocenters. The molecule has 9 heteroatoms. The summed E-state index contributed by atoms with van der Waals surface area (Å²) in [6, 6.07) is 9.33. The molecule has 0 saturated carbocycles. The highest BCUT2D eigenvalue weighted by molar-refractivity contribution is 7.91. The summed E-state index contributed by atoms with van der Waals surface area (Å²) in [4.78, 5) is 23.5. The number of methoxy groups -OCH3 is 1. The summed E-state index contributed by atoms with van der Waals surface area (Å²) in [5, 5.41) is 4.11. The van der Waals surface area contributed by atoms with Gasteiger partial charge in [-0.1, -0.05) is 18.2 Å². The Hall–Kier alpha value is -2.23. The van der Waals surface area contributed by atoms with Crippen LogP contribution in [0.5, 0.6) is 0 Å². The monoisotopic (exact) mass is 354 g/mol. The quantitative estimate of drug-likeness (QED) is 0.765. The average molecular weight is 354 g/mol. The minimum Gasteiger partial charge on any atom is -0.465 e. The average Bonchev–Trinajstić information content (AvgIpc) is 3.08. The number of carbonyl (C=O) groups excluding carboxylic acids is 2. The first-order valence-electron chi connectivity index (χ1n) is 6.44. The summed E-state index contributed by atoms with van der Waals surface area (Å²) in [5.74, 6) is -1.19. The summed E-state index contributed by atoms with van der Waals surface area (Å²) in [5.41, 5.74) is 0.434. The molecule has 7 nitrogen and oxygen atoms in total. The van der Waals surface area contributed by atoms with E-state index in [2.05, 4.69) is 14.8 Å². The van der Waals surface area contributed by atoms with Gasteiger partial charge in [-0.3, -0.25) is 4.79 Å². The molecule has 0 aliphatic heterocycles. The Morgan fingerprint density at radius 2 is 1.91 bits per heavy atom. The summed E-state index contributed by atoms with van der Waals surface area (Å²) in [6.45, 7) is -0.449. The molecule has 1 amide bonds. The number of thiophene rings is 1. The van der Waals surface area contributed by atoms with Gasteiger partial charge in [0.05, 0.1) is 24.9 Å². The van der Waals surface area contributed by atoms with E-state index in [-0.39, 0.29) is 15.5 Å². The van der Waals surface area contributed by atoms with E-state index < -0.39 is 28.4 Å². The van der Waals surface area contributed by atoms with Gasteiger partial charge in [-0.15, -0.1) is 11.3 Å². The maximum Gasteiger partial charge on any atom is 0.339 e. The molecule has 0 radical (unpaired) electrons. The number of para-hydroxylation sites is 1. The molecule has 0 saturated heterocycles. The molecule has 0 aliphatic carbocycles. The Balaban J connectivity index is 2.02. The Bertz CT molecular complexity index is 800. The third kappa shape index (κ3) is 4.38. The lowest BCUT2D eigenvalue weighted by Crippen LogP contribution is -2.32. The number of anilines is 1. The Labute approximate surface area is 137 Å². The van der Waals surface area contributed by atoms with Crippen molar-refractivity contribution in [3.63, 3.8) is 0 Å². The Morgan fingerprint density at radius 3 is 2.57 bits per heavy atom. The molecule has 2 aromatic rings. The van der Waals surface area contributed by atoms with Crippen LogP contribution in [0.25, 0.3) is 0 Å². The van der Waals surface area contributed by atoms with Gasteiger partial charge in [-0.05, 0) is 23.6 Å². The number of carbonyl (C=O) groups is 2. The zero-order chi connectivity index (χ0) is 16.9. The number of ether oxygens (including phenoxy) is 1. The molecule has 2 N–H and O–H groups in total. The van der Waals surface area contributed by atoms with Crippen LogP contribution in [0.2, 0.25) is 0 Å². The predicted molar refractivity (Wildman–Crippen MR) is 85.9 cm³/mol. The molecule has 0 spiro atoms. The summed E-state index contributed by atoms with van der Waals surface area (Å²) in [7, 11) is -2.49. The van der Waals surface area contributed by atoms with Crippen LogP contribution in [0, 0.1) is 0 Å². The van der Waals surface area contributed by atoms with E-state index in [0.29, 0.717) is 0 Å². The van der Waals surface area contributed by atoms with E-state index in [9.17, 15) is 18.0 Å². The molecule has 1 aromatic carbocycles. The highest BCUT2D eigenvalue weighted by atomic mass is 32.2. The molecule has 23 heavy (non-hydrogen) atoms. The van der Waals surface area contributed by atoms with Gasteiger partial charge in [-0.25, -0.2) is 17.9 Å². The number of esters is 1. The van der Waals surface area contributed by atoms with Crippen molar-refractivity contribution in [3.8, 4) is 0 Å². The normalized spacial score (nSPS) is 11.0. The van der Waals surface area contributed by atoms with Crippen LogP contribution in [0.4, 0.5) is 5.69 Å². The van der Waals surface area contributed by atoms with Gasteiger partial charge in [0.2, 0.25) is 5.91 Å². The topological polar surface area (TPSA) is 102 Å².